The van der Waals surface area contributed by atoms with Gasteiger partial charge in [-0.25, -0.2) is 0 Å². The minimum Gasteiger partial charge on any atom is -0.382 e. The maximum absolute atomic E-state index is 12.9. The predicted molar refractivity (Wildman–Crippen MR) is 89.4 cm³/mol. The van der Waals surface area contributed by atoms with Gasteiger partial charge in [0.25, 0.3) is 0 Å². The minimum atomic E-state index is -0.920. The highest BCUT2D eigenvalue weighted by atomic mass is 16.5. The van der Waals surface area contributed by atoms with Crippen LogP contribution in [0.1, 0.15) is 18.5 Å². The van der Waals surface area contributed by atoms with Crippen LogP contribution in [-0.4, -0.2) is 59.8 Å². The van der Waals surface area contributed by atoms with E-state index in [0.29, 0.717) is 13.0 Å². The number of nitrogens with one attached hydrogen (secondary N) is 2. The number of amides is 2. The number of likely N-dealkylation sites (tertiary alicyclic amines) is 1. The van der Waals surface area contributed by atoms with E-state index in [1.165, 1.54) is 0 Å². The lowest BCUT2D eigenvalue weighted by molar-refractivity contribution is -0.147. The largest absolute Gasteiger partial charge is 0.382 e. The second kappa shape index (κ2) is 6.60. The van der Waals surface area contributed by atoms with Crippen LogP contribution >= 0.6 is 0 Å². The molecule has 1 aliphatic heterocycles. The molecule has 128 valence electrons. The number of fused-ring (bicyclic) bond motifs is 1. The molecule has 1 atom stereocenters. The molecule has 1 unspecified atom stereocenters. The maximum atomic E-state index is 12.9. The Morgan fingerprint density at radius 3 is 2.96 bits per heavy atom. The number of likely N-dealkylation sites (N-methyl/N-ethyl adjacent to an activating group) is 1. The molecule has 1 aromatic heterocycles. The Morgan fingerprint density at radius 2 is 2.21 bits per heavy atom. The van der Waals surface area contributed by atoms with Crippen LogP contribution in [0, 0.1) is 0 Å². The third kappa shape index (κ3) is 2.65. The molecule has 0 bridgehead atoms. The molecule has 2 amide bonds. The number of benzene rings is 1. The zero-order chi connectivity index (χ0) is 17.2. The average molecular weight is 330 g/mol. The number of rotatable bonds is 5. The molecule has 0 aliphatic carbocycles. The lowest BCUT2D eigenvalue weighted by Crippen LogP contribution is -2.59. The van der Waals surface area contributed by atoms with Crippen LogP contribution in [0.5, 0.6) is 0 Å². The van der Waals surface area contributed by atoms with Gasteiger partial charge in [-0.3, -0.25) is 14.7 Å². The van der Waals surface area contributed by atoms with Crippen molar-refractivity contribution in [2.75, 3.05) is 27.3 Å². The van der Waals surface area contributed by atoms with Gasteiger partial charge in [-0.1, -0.05) is 18.2 Å². The fourth-order valence-corrected chi connectivity index (χ4v) is 3.56. The molecule has 0 spiro atoms. The standard InChI is InChI=1S/C17H22N4O3/c1-18-16(23)17(11-24-2)8-5-9-21(17)15(22)10-14-12-6-3-4-7-13(12)19-20-14/h3-4,6-7H,5,8-11H2,1-2H3,(H,18,23)(H,19,20). The number of hydrogen-bond acceptors (Lipinski definition) is 4. The molecule has 7 nitrogen and oxygen atoms in total. The van der Waals surface area contributed by atoms with E-state index in [1.807, 2.05) is 24.3 Å². The van der Waals surface area contributed by atoms with E-state index < -0.39 is 5.54 Å². The van der Waals surface area contributed by atoms with Gasteiger partial charge in [0.05, 0.1) is 24.2 Å². The van der Waals surface area contributed by atoms with E-state index in [4.69, 9.17) is 4.74 Å². The molecule has 0 saturated carbocycles. The molecule has 7 heteroatoms. The molecular weight excluding hydrogens is 308 g/mol. The van der Waals surface area contributed by atoms with E-state index in [-0.39, 0.29) is 24.8 Å². The van der Waals surface area contributed by atoms with Gasteiger partial charge in [-0.15, -0.1) is 0 Å². The van der Waals surface area contributed by atoms with Crippen molar-refractivity contribution in [3.05, 3.63) is 30.0 Å². The number of aromatic amines is 1. The van der Waals surface area contributed by atoms with Crippen molar-refractivity contribution in [3.8, 4) is 0 Å². The quantitative estimate of drug-likeness (QED) is 0.851. The molecule has 0 radical (unpaired) electrons. The summed E-state index contributed by atoms with van der Waals surface area (Å²) in [6.07, 6.45) is 1.57. The first kappa shape index (κ1) is 16.4. The molecule has 1 fully saturated rings. The van der Waals surface area contributed by atoms with Gasteiger partial charge in [0.2, 0.25) is 11.8 Å². The maximum Gasteiger partial charge on any atom is 0.248 e. The van der Waals surface area contributed by atoms with Crippen LogP contribution in [-0.2, 0) is 20.7 Å². The van der Waals surface area contributed by atoms with Gasteiger partial charge in [0.1, 0.15) is 5.54 Å². The highest BCUT2D eigenvalue weighted by Gasteiger charge is 2.49. The summed E-state index contributed by atoms with van der Waals surface area (Å²) in [5, 5.41) is 10.8. The SMILES string of the molecule is CNC(=O)C1(COC)CCCN1C(=O)Cc1[nH]nc2ccccc12. The summed E-state index contributed by atoms with van der Waals surface area (Å²) < 4.78 is 5.26. The number of hydrogen-bond donors (Lipinski definition) is 2. The number of nitrogens with zero attached hydrogens (tertiary/aromatic N) is 2. The Hall–Kier alpha value is -2.41. The Labute approximate surface area is 140 Å². The summed E-state index contributed by atoms with van der Waals surface area (Å²) in [7, 11) is 3.14. The first-order valence-corrected chi connectivity index (χ1v) is 8.06. The molecule has 2 heterocycles. The van der Waals surface area contributed by atoms with Crippen molar-refractivity contribution in [3.63, 3.8) is 0 Å². The molecule has 2 N–H and O–H groups in total. The first-order chi connectivity index (χ1) is 11.6. The Balaban J connectivity index is 1.86. The first-order valence-electron chi connectivity index (χ1n) is 8.06. The van der Waals surface area contributed by atoms with Crippen LogP contribution in [0.15, 0.2) is 24.3 Å². The highest BCUT2D eigenvalue weighted by molar-refractivity contribution is 5.94. The number of aromatic nitrogens is 2. The minimum absolute atomic E-state index is 0.0949. The monoisotopic (exact) mass is 330 g/mol. The molecular formula is C17H22N4O3. The number of carbonyl (C=O) groups is 2. The van der Waals surface area contributed by atoms with E-state index in [0.717, 1.165) is 23.0 Å². The molecule has 1 aliphatic rings. The van der Waals surface area contributed by atoms with Crippen LogP contribution in [0.2, 0.25) is 0 Å². The van der Waals surface area contributed by atoms with Crippen molar-refractivity contribution in [2.24, 2.45) is 0 Å². The molecule has 3 rings (SSSR count). The van der Waals surface area contributed by atoms with Crippen molar-refractivity contribution in [2.45, 2.75) is 24.8 Å². The summed E-state index contributed by atoms with van der Waals surface area (Å²) in [4.78, 5) is 27.0. The molecule has 2 aromatic rings. The third-order valence-electron chi connectivity index (χ3n) is 4.69. The lowest BCUT2D eigenvalue weighted by Gasteiger charge is -2.36. The zero-order valence-corrected chi connectivity index (χ0v) is 14.0. The van der Waals surface area contributed by atoms with Gasteiger partial charge in [0, 0.05) is 26.1 Å². The van der Waals surface area contributed by atoms with Crippen molar-refractivity contribution < 1.29 is 14.3 Å². The zero-order valence-electron chi connectivity index (χ0n) is 14.0. The number of methoxy groups -OCH3 is 1. The number of H-pyrrole nitrogens is 1. The second-order valence-corrected chi connectivity index (χ2v) is 6.09. The van der Waals surface area contributed by atoms with Crippen molar-refractivity contribution in [1.82, 2.24) is 20.4 Å². The summed E-state index contributed by atoms with van der Waals surface area (Å²) in [5.41, 5.74) is 0.679. The van der Waals surface area contributed by atoms with E-state index in [2.05, 4.69) is 15.5 Å². The average Bonchev–Trinajstić information content (AvgIpc) is 3.20. The van der Waals surface area contributed by atoms with Crippen LogP contribution in [0.4, 0.5) is 0 Å². The predicted octanol–water partition coefficient (Wildman–Crippen LogP) is 0.859. The fourth-order valence-electron chi connectivity index (χ4n) is 3.56. The van der Waals surface area contributed by atoms with Gasteiger partial charge >= 0.3 is 0 Å². The highest BCUT2D eigenvalue weighted by Crippen LogP contribution is 2.31. The summed E-state index contributed by atoms with van der Waals surface area (Å²) in [5.74, 6) is -0.271. The van der Waals surface area contributed by atoms with Crippen LogP contribution in [0.25, 0.3) is 10.9 Å². The normalized spacial score (nSPS) is 20.5. The number of carbonyl (C=O) groups excluding carboxylic acids is 2. The summed E-state index contributed by atoms with van der Waals surface area (Å²) in [6.45, 7) is 0.754. The summed E-state index contributed by atoms with van der Waals surface area (Å²) in [6, 6.07) is 7.66. The van der Waals surface area contributed by atoms with Crippen molar-refractivity contribution in [1.29, 1.82) is 0 Å². The number of para-hydroxylation sites is 1. The van der Waals surface area contributed by atoms with E-state index in [1.54, 1.807) is 19.1 Å². The lowest BCUT2D eigenvalue weighted by atomic mass is 9.95. The second-order valence-electron chi connectivity index (χ2n) is 6.09. The fraction of sp³-hybridized carbons (Fsp3) is 0.471. The van der Waals surface area contributed by atoms with Crippen LogP contribution in [0.3, 0.4) is 0 Å². The van der Waals surface area contributed by atoms with Crippen molar-refractivity contribution >= 4 is 22.7 Å². The van der Waals surface area contributed by atoms with Gasteiger partial charge in [-0.2, -0.15) is 5.10 Å². The smallest absolute Gasteiger partial charge is 0.248 e. The van der Waals surface area contributed by atoms with Crippen LogP contribution < -0.4 is 5.32 Å². The Morgan fingerprint density at radius 1 is 1.42 bits per heavy atom. The van der Waals surface area contributed by atoms with E-state index >= 15 is 0 Å². The molecule has 1 saturated heterocycles. The Kier molecular flexibility index (Phi) is 4.53. The van der Waals surface area contributed by atoms with E-state index in [9.17, 15) is 9.59 Å². The molecule has 1 aromatic carbocycles. The van der Waals surface area contributed by atoms with Gasteiger partial charge in [0.15, 0.2) is 0 Å². The Bertz CT molecular complexity index is 757. The number of ether oxygens (including phenoxy) is 1. The molecule has 24 heavy (non-hydrogen) atoms. The van der Waals surface area contributed by atoms with Gasteiger partial charge in [-0.05, 0) is 18.9 Å². The topological polar surface area (TPSA) is 87.3 Å². The summed E-state index contributed by atoms with van der Waals surface area (Å²) >= 11 is 0. The third-order valence-corrected chi connectivity index (χ3v) is 4.69. The van der Waals surface area contributed by atoms with Gasteiger partial charge < -0.3 is 15.0 Å².